The standard InChI is InChI=1S/C14H17ClO3/c1-9(16)11-7-13(17-2)14(8-12(11)15)18-10-5-3-4-6-10/h7-8,10H,3-6H2,1-2H3. The molecule has 98 valence electrons. The molecule has 0 heterocycles. The molecule has 1 saturated carbocycles. The highest BCUT2D eigenvalue weighted by atomic mass is 35.5. The van der Waals surface area contributed by atoms with E-state index in [-0.39, 0.29) is 11.9 Å². The number of hydrogen-bond acceptors (Lipinski definition) is 3. The molecule has 1 aromatic carbocycles. The van der Waals surface area contributed by atoms with Gasteiger partial charge in [0, 0.05) is 11.6 Å². The molecule has 0 atom stereocenters. The molecular formula is C14H17ClO3. The van der Waals surface area contributed by atoms with Gasteiger partial charge in [0.25, 0.3) is 0 Å². The van der Waals surface area contributed by atoms with Crippen LogP contribution in [0.1, 0.15) is 43.0 Å². The zero-order chi connectivity index (χ0) is 13.1. The van der Waals surface area contributed by atoms with Gasteiger partial charge in [-0.05, 0) is 38.7 Å². The lowest BCUT2D eigenvalue weighted by molar-refractivity contribution is 0.101. The van der Waals surface area contributed by atoms with Crippen molar-refractivity contribution < 1.29 is 14.3 Å². The van der Waals surface area contributed by atoms with Gasteiger partial charge in [-0.15, -0.1) is 0 Å². The molecule has 0 aromatic heterocycles. The maximum atomic E-state index is 11.4. The Kier molecular flexibility index (Phi) is 4.12. The molecule has 1 aliphatic carbocycles. The number of methoxy groups -OCH3 is 1. The summed E-state index contributed by atoms with van der Waals surface area (Å²) in [7, 11) is 1.56. The first-order valence-electron chi connectivity index (χ1n) is 6.17. The quantitative estimate of drug-likeness (QED) is 0.778. The molecular weight excluding hydrogens is 252 g/mol. The van der Waals surface area contributed by atoms with E-state index in [9.17, 15) is 4.79 Å². The topological polar surface area (TPSA) is 35.5 Å². The molecule has 4 heteroatoms. The number of ketones is 1. The summed E-state index contributed by atoms with van der Waals surface area (Å²) >= 11 is 6.08. The molecule has 0 radical (unpaired) electrons. The van der Waals surface area contributed by atoms with E-state index in [1.165, 1.54) is 19.8 Å². The van der Waals surface area contributed by atoms with Gasteiger partial charge < -0.3 is 9.47 Å². The molecule has 0 aliphatic heterocycles. The summed E-state index contributed by atoms with van der Waals surface area (Å²) in [5.41, 5.74) is 0.465. The van der Waals surface area contributed by atoms with Gasteiger partial charge in [0.15, 0.2) is 17.3 Å². The van der Waals surface area contributed by atoms with Gasteiger partial charge in [-0.3, -0.25) is 4.79 Å². The Bertz CT molecular complexity index is 451. The highest BCUT2D eigenvalue weighted by Crippen LogP contribution is 2.36. The maximum absolute atomic E-state index is 11.4. The second-order valence-corrected chi connectivity index (χ2v) is 4.97. The van der Waals surface area contributed by atoms with Gasteiger partial charge in [0.2, 0.25) is 0 Å². The van der Waals surface area contributed by atoms with E-state index in [1.54, 1.807) is 19.2 Å². The number of carbonyl (C=O) groups excluding carboxylic acids is 1. The zero-order valence-corrected chi connectivity index (χ0v) is 11.4. The lowest BCUT2D eigenvalue weighted by Gasteiger charge is -2.17. The largest absolute Gasteiger partial charge is 0.493 e. The molecule has 1 aliphatic rings. The fraction of sp³-hybridized carbons (Fsp3) is 0.500. The molecule has 0 bridgehead atoms. The van der Waals surface area contributed by atoms with E-state index in [1.807, 2.05) is 0 Å². The summed E-state index contributed by atoms with van der Waals surface area (Å²) in [5, 5.41) is 0.413. The van der Waals surface area contributed by atoms with Crippen molar-refractivity contribution in [3.05, 3.63) is 22.7 Å². The minimum atomic E-state index is -0.0780. The van der Waals surface area contributed by atoms with Crippen molar-refractivity contribution >= 4 is 17.4 Å². The van der Waals surface area contributed by atoms with Crippen molar-refractivity contribution in [1.29, 1.82) is 0 Å². The lowest BCUT2D eigenvalue weighted by Crippen LogP contribution is -2.12. The Balaban J connectivity index is 2.28. The van der Waals surface area contributed by atoms with Crippen LogP contribution < -0.4 is 9.47 Å². The van der Waals surface area contributed by atoms with Crippen LogP contribution in [-0.2, 0) is 0 Å². The predicted molar refractivity (Wildman–Crippen MR) is 70.9 cm³/mol. The monoisotopic (exact) mass is 268 g/mol. The Morgan fingerprint density at radius 3 is 2.50 bits per heavy atom. The minimum Gasteiger partial charge on any atom is -0.493 e. The van der Waals surface area contributed by atoms with Gasteiger partial charge >= 0.3 is 0 Å². The molecule has 0 saturated heterocycles. The van der Waals surface area contributed by atoms with E-state index in [2.05, 4.69) is 0 Å². The van der Waals surface area contributed by atoms with Crippen LogP contribution in [0.2, 0.25) is 5.02 Å². The maximum Gasteiger partial charge on any atom is 0.163 e. The highest BCUT2D eigenvalue weighted by molar-refractivity contribution is 6.34. The first kappa shape index (κ1) is 13.2. The van der Waals surface area contributed by atoms with Crippen molar-refractivity contribution in [2.75, 3.05) is 7.11 Å². The van der Waals surface area contributed by atoms with Crippen molar-refractivity contribution in [3.8, 4) is 11.5 Å². The van der Waals surface area contributed by atoms with E-state index >= 15 is 0 Å². The van der Waals surface area contributed by atoms with Gasteiger partial charge in [-0.1, -0.05) is 11.6 Å². The zero-order valence-electron chi connectivity index (χ0n) is 10.7. The average Bonchev–Trinajstić information content (AvgIpc) is 2.81. The molecule has 0 amide bonds. The lowest BCUT2D eigenvalue weighted by atomic mass is 10.1. The second-order valence-electron chi connectivity index (χ2n) is 4.56. The first-order valence-corrected chi connectivity index (χ1v) is 6.54. The van der Waals surface area contributed by atoms with Crippen LogP contribution in [0, 0.1) is 0 Å². The van der Waals surface area contributed by atoms with Crippen LogP contribution >= 0.6 is 11.6 Å². The number of ether oxygens (including phenoxy) is 2. The summed E-state index contributed by atoms with van der Waals surface area (Å²) in [5.74, 6) is 1.11. The van der Waals surface area contributed by atoms with E-state index in [0.717, 1.165) is 12.8 Å². The van der Waals surface area contributed by atoms with Crippen molar-refractivity contribution in [2.45, 2.75) is 38.7 Å². The molecule has 2 rings (SSSR count). The fourth-order valence-electron chi connectivity index (χ4n) is 2.24. The van der Waals surface area contributed by atoms with Crippen molar-refractivity contribution in [2.24, 2.45) is 0 Å². The summed E-state index contributed by atoms with van der Waals surface area (Å²) in [4.78, 5) is 11.4. The Labute approximate surface area is 112 Å². The molecule has 3 nitrogen and oxygen atoms in total. The SMILES string of the molecule is COc1cc(C(C)=O)c(Cl)cc1OC1CCCC1. The van der Waals surface area contributed by atoms with Gasteiger partial charge in [-0.2, -0.15) is 0 Å². The van der Waals surface area contributed by atoms with Crippen LogP contribution in [0.4, 0.5) is 0 Å². The summed E-state index contributed by atoms with van der Waals surface area (Å²) in [6.45, 7) is 1.48. The van der Waals surface area contributed by atoms with E-state index < -0.39 is 0 Å². The van der Waals surface area contributed by atoms with Crippen LogP contribution in [0.25, 0.3) is 0 Å². The number of benzene rings is 1. The third-order valence-electron chi connectivity index (χ3n) is 3.23. The number of Topliss-reactive ketones (excluding diaryl/α,β-unsaturated/α-hetero) is 1. The van der Waals surface area contributed by atoms with Crippen molar-refractivity contribution in [1.82, 2.24) is 0 Å². The van der Waals surface area contributed by atoms with E-state index in [4.69, 9.17) is 21.1 Å². The van der Waals surface area contributed by atoms with Crippen LogP contribution in [0.3, 0.4) is 0 Å². The predicted octanol–water partition coefficient (Wildman–Crippen LogP) is 3.87. The molecule has 0 N–H and O–H groups in total. The molecule has 1 aromatic rings. The number of rotatable bonds is 4. The molecule has 0 spiro atoms. The first-order chi connectivity index (χ1) is 8.61. The Morgan fingerprint density at radius 2 is 1.94 bits per heavy atom. The van der Waals surface area contributed by atoms with E-state index in [0.29, 0.717) is 22.1 Å². The normalized spacial score (nSPS) is 15.7. The summed E-state index contributed by atoms with van der Waals surface area (Å²) < 4.78 is 11.2. The Morgan fingerprint density at radius 1 is 1.28 bits per heavy atom. The van der Waals surface area contributed by atoms with Crippen molar-refractivity contribution in [3.63, 3.8) is 0 Å². The third kappa shape index (κ3) is 2.78. The second kappa shape index (κ2) is 5.61. The van der Waals surface area contributed by atoms with Gasteiger partial charge in [-0.25, -0.2) is 0 Å². The minimum absolute atomic E-state index is 0.0780. The van der Waals surface area contributed by atoms with Gasteiger partial charge in [0.05, 0.1) is 18.2 Å². The average molecular weight is 269 g/mol. The number of hydrogen-bond donors (Lipinski definition) is 0. The van der Waals surface area contributed by atoms with Gasteiger partial charge in [0.1, 0.15) is 0 Å². The highest BCUT2D eigenvalue weighted by Gasteiger charge is 2.20. The molecule has 18 heavy (non-hydrogen) atoms. The van der Waals surface area contributed by atoms with Crippen LogP contribution in [0.5, 0.6) is 11.5 Å². The smallest absolute Gasteiger partial charge is 0.163 e. The molecule has 1 fully saturated rings. The van der Waals surface area contributed by atoms with Crippen LogP contribution in [0.15, 0.2) is 12.1 Å². The third-order valence-corrected chi connectivity index (χ3v) is 3.54. The number of halogens is 1. The number of carbonyl (C=O) groups is 1. The summed E-state index contributed by atoms with van der Waals surface area (Å²) in [6.07, 6.45) is 4.77. The molecule has 0 unspecified atom stereocenters. The van der Waals surface area contributed by atoms with Crippen LogP contribution in [-0.4, -0.2) is 19.0 Å². The fourth-order valence-corrected chi connectivity index (χ4v) is 2.53. The Hall–Kier alpha value is -1.22. The summed E-state index contributed by atoms with van der Waals surface area (Å²) in [6, 6.07) is 3.32.